The van der Waals surface area contributed by atoms with Gasteiger partial charge in [-0.3, -0.25) is 4.79 Å². The molecule has 4 rings (SSSR count). The van der Waals surface area contributed by atoms with Crippen LogP contribution in [-0.2, 0) is 17.5 Å². The normalized spacial score (nSPS) is 15.6. The number of amides is 1. The molecule has 1 N–H and O–H groups in total. The third-order valence-electron chi connectivity index (χ3n) is 4.85. The summed E-state index contributed by atoms with van der Waals surface area (Å²) in [4.78, 5) is 16.3. The Labute approximate surface area is 164 Å². The minimum absolute atomic E-state index is 0.207. The Hall–Kier alpha value is -2.54. The van der Waals surface area contributed by atoms with Crippen LogP contribution in [0.4, 0.5) is 13.2 Å². The highest BCUT2D eigenvalue weighted by Gasteiger charge is 2.38. The maximum Gasteiger partial charge on any atom is 0.449 e. The zero-order valence-electron chi connectivity index (χ0n) is 14.7. The standard InChI is InChI=1S/C20H17ClF3N3O/c21-14-9-7-13(8-10-14)18(12-5-6-12)26-17(28)11-27-16-4-2-1-3-15(16)25-19(27)20(22,23)24/h1-4,7-10,12,18H,5-6,11H2,(H,26,28)/t18-/m0/s1. The monoisotopic (exact) mass is 407 g/mol. The third kappa shape index (κ3) is 3.85. The summed E-state index contributed by atoms with van der Waals surface area (Å²) < 4.78 is 41.2. The number of imidazole rings is 1. The number of fused-ring (bicyclic) bond motifs is 1. The fourth-order valence-electron chi connectivity index (χ4n) is 3.39. The summed E-state index contributed by atoms with van der Waals surface area (Å²) >= 11 is 5.92. The van der Waals surface area contributed by atoms with Crippen molar-refractivity contribution in [1.82, 2.24) is 14.9 Å². The number of benzene rings is 2. The first kappa shape index (κ1) is 18.8. The van der Waals surface area contributed by atoms with E-state index in [1.165, 1.54) is 12.1 Å². The summed E-state index contributed by atoms with van der Waals surface area (Å²) in [5, 5.41) is 3.49. The van der Waals surface area contributed by atoms with E-state index < -0.39 is 24.5 Å². The van der Waals surface area contributed by atoms with E-state index in [1.54, 1.807) is 24.3 Å². The topological polar surface area (TPSA) is 46.9 Å². The van der Waals surface area contributed by atoms with Gasteiger partial charge in [0.2, 0.25) is 11.7 Å². The van der Waals surface area contributed by atoms with E-state index in [9.17, 15) is 18.0 Å². The molecule has 146 valence electrons. The molecule has 2 aromatic carbocycles. The van der Waals surface area contributed by atoms with Crippen molar-refractivity contribution >= 4 is 28.5 Å². The van der Waals surface area contributed by atoms with Crippen molar-refractivity contribution in [1.29, 1.82) is 0 Å². The first-order valence-corrected chi connectivity index (χ1v) is 9.28. The van der Waals surface area contributed by atoms with Crippen LogP contribution in [0.5, 0.6) is 0 Å². The number of carbonyl (C=O) groups is 1. The van der Waals surface area contributed by atoms with Crippen molar-refractivity contribution in [3.63, 3.8) is 0 Å². The van der Waals surface area contributed by atoms with Gasteiger partial charge in [-0.15, -0.1) is 0 Å². The Morgan fingerprint density at radius 3 is 2.50 bits per heavy atom. The Morgan fingerprint density at radius 2 is 1.86 bits per heavy atom. The highest BCUT2D eigenvalue weighted by molar-refractivity contribution is 6.30. The maximum atomic E-state index is 13.4. The molecule has 1 aliphatic rings. The van der Waals surface area contributed by atoms with Gasteiger partial charge in [0, 0.05) is 5.02 Å². The van der Waals surface area contributed by atoms with Crippen molar-refractivity contribution in [3.05, 3.63) is 64.9 Å². The van der Waals surface area contributed by atoms with E-state index in [-0.39, 0.29) is 23.0 Å². The fraction of sp³-hybridized carbons (Fsp3) is 0.300. The van der Waals surface area contributed by atoms with Gasteiger partial charge in [-0.25, -0.2) is 4.98 Å². The summed E-state index contributed by atoms with van der Waals surface area (Å²) in [6.07, 6.45) is -2.71. The molecular weight excluding hydrogens is 391 g/mol. The zero-order valence-corrected chi connectivity index (χ0v) is 15.5. The van der Waals surface area contributed by atoms with E-state index in [1.807, 2.05) is 12.1 Å². The Bertz CT molecular complexity index is 1010. The molecule has 1 aromatic heterocycles. The maximum absolute atomic E-state index is 13.4. The van der Waals surface area contributed by atoms with Gasteiger partial charge in [-0.2, -0.15) is 13.2 Å². The molecule has 0 saturated heterocycles. The molecule has 1 fully saturated rings. The summed E-state index contributed by atoms with van der Waals surface area (Å²) in [5.41, 5.74) is 1.38. The lowest BCUT2D eigenvalue weighted by Crippen LogP contribution is -2.33. The molecule has 0 radical (unpaired) electrons. The summed E-state index contributed by atoms with van der Waals surface area (Å²) in [7, 11) is 0. The van der Waals surface area contributed by atoms with Gasteiger partial charge in [-0.05, 0) is 48.6 Å². The third-order valence-corrected chi connectivity index (χ3v) is 5.10. The number of nitrogens with zero attached hydrogens (tertiary/aromatic N) is 2. The van der Waals surface area contributed by atoms with Crippen molar-refractivity contribution < 1.29 is 18.0 Å². The molecule has 0 unspecified atom stereocenters. The average molecular weight is 408 g/mol. The second-order valence-corrected chi connectivity index (χ2v) is 7.38. The van der Waals surface area contributed by atoms with Gasteiger partial charge in [0.05, 0.1) is 17.1 Å². The van der Waals surface area contributed by atoms with Crippen molar-refractivity contribution in [2.45, 2.75) is 31.6 Å². The second-order valence-electron chi connectivity index (χ2n) is 6.94. The fourth-order valence-corrected chi connectivity index (χ4v) is 3.51. The summed E-state index contributed by atoms with van der Waals surface area (Å²) in [6, 6.07) is 13.2. The van der Waals surface area contributed by atoms with Crippen molar-refractivity contribution in [2.75, 3.05) is 0 Å². The molecular formula is C20H17ClF3N3O. The number of aromatic nitrogens is 2. The number of nitrogens with one attached hydrogen (secondary N) is 1. The number of halogens is 4. The molecule has 0 bridgehead atoms. The smallest absolute Gasteiger partial charge is 0.347 e. The Morgan fingerprint density at radius 1 is 1.18 bits per heavy atom. The van der Waals surface area contributed by atoms with Crippen LogP contribution >= 0.6 is 11.6 Å². The molecule has 1 heterocycles. The van der Waals surface area contributed by atoms with Crippen molar-refractivity contribution in [3.8, 4) is 0 Å². The van der Waals surface area contributed by atoms with E-state index in [4.69, 9.17) is 11.6 Å². The molecule has 1 atom stereocenters. The number of carbonyl (C=O) groups excluding carboxylic acids is 1. The highest BCUT2D eigenvalue weighted by atomic mass is 35.5. The average Bonchev–Trinajstić information content (AvgIpc) is 3.42. The first-order valence-electron chi connectivity index (χ1n) is 8.90. The van der Waals surface area contributed by atoms with Gasteiger partial charge < -0.3 is 9.88 Å². The quantitative estimate of drug-likeness (QED) is 0.648. The van der Waals surface area contributed by atoms with Crippen LogP contribution in [0.25, 0.3) is 11.0 Å². The van der Waals surface area contributed by atoms with E-state index in [0.29, 0.717) is 5.02 Å². The molecule has 28 heavy (non-hydrogen) atoms. The van der Waals surface area contributed by atoms with E-state index in [2.05, 4.69) is 10.3 Å². The van der Waals surface area contributed by atoms with Crippen LogP contribution in [-0.4, -0.2) is 15.5 Å². The molecule has 1 saturated carbocycles. The minimum atomic E-state index is -4.65. The number of rotatable bonds is 5. The van der Waals surface area contributed by atoms with Crippen LogP contribution in [0.15, 0.2) is 48.5 Å². The zero-order chi connectivity index (χ0) is 19.9. The molecule has 0 spiro atoms. The number of alkyl halides is 3. The highest BCUT2D eigenvalue weighted by Crippen LogP contribution is 2.41. The minimum Gasteiger partial charge on any atom is -0.347 e. The predicted molar refractivity (Wildman–Crippen MR) is 99.8 cm³/mol. The summed E-state index contributed by atoms with van der Waals surface area (Å²) in [6.45, 7) is -0.452. The molecule has 3 aromatic rings. The van der Waals surface area contributed by atoms with Crippen LogP contribution in [0.3, 0.4) is 0 Å². The number of para-hydroxylation sites is 2. The van der Waals surface area contributed by atoms with Gasteiger partial charge >= 0.3 is 6.18 Å². The lowest BCUT2D eigenvalue weighted by atomic mass is 10.0. The largest absolute Gasteiger partial charge is 0.449 e. The summed E-state index contributed by atoms with van der Waals surface area (Å²) in [5.74, 6) is -1.27. The van der Waals surface area contributed by atoms with Gasteiger partial charge in [0.1, 0.15) is 6.54 Å². The van der Waals surface area contributed by atoms with Gasteiger partial charge in [0.25, 0.3) is 0 Å². The van der Waals surface area contributed by atoms with E-state index >= 15 is 0 Å². The SMILES string of the molecule is O=C(Cn1c(C(F)(F)F)nc2ccccc21)N[C@H](c1ccc(Cl)cc1)C1CC1. The first-order chi connectivity index (χ1) is 13.3. The molecule has 1 amide bonds. The van der Waals surface area contributed by atoms with Gasteiger partial charge in [0.15, 0.2) is 0 Å². The second kappa shape index (κ2) is 7.13. The number of hydrogen-bond acceptors (Lipinski definition) is 2. The number of hydrogen-bond donors (Lipinski definition) is 1. The van der Waals surface area contributed by atoms with Crippen molar-refractivity contribution in [2.24, 2.45) is 5.92 Å². The van der Waals surface area contributed by atoms with E-state index in [0.717, 1.165) is 23.0 Å². The predicted octanol–water partition coefficient (Wildman–Crippen LogP) is 4.98. The van der Waals surface area contributed by atoms with Crippen LogP contribution in [0.2, 0.25) is 5.02 Å². The van der Waals surface area contributed by atoms with Crippen LogP contribution in [0, 0.1) is 5.92 Å². The molecule has 0 aliphatic heterocycles. The lowest BCUT2D eigenvalue weighted by Gasteiger charge is -2.20. The van der Waals surface area contributed by atoms with Gasteiger partial charge in [-0.1, -0.05) is 35.9 Å². The Balaban J connectivity index is 1.60. The van der Waals surface area contributed by atoms with Crippen LogP contribution in [0.1, 0.15) is 30.3 Å². The molecule has 8 heteroatoms. The molecule has 4 nitrogen and oxygen atoms in total. The Kier molecular flexibility index (Phi) is 4.79. The lowest BCUT2D eigenvalue weighted by molar-refractivity contribution is -0.147. The molecule has 1 aliphatic carbocycles. The van der Waals surface area contributed by atoms with Crippen LogP contribution < -0.4 is 5.32 Å².